The number of nitrogens with one attached hydrogen (secondary N) is 1. The van der Waals surface area contributed by atoms with Gasteiger partial charge in [-0.1, -0.05) is 12.1 Å². The fourth-order valence-corrected chi connectivity index (χ4v) is 1.12. The molecule has 0 saturated heterocycles. The van der Waals surface area contributed by atoms with Crippen LogP contribution >= 0.6 is 0 Å². The molecule has 1 aromatic rings. The van der Waals surface area contributed by atoms with Gasteiger partial charge in [0.1, 0.15) is 0 Å². The minimum atomic E-state index is -0.582. The summed E-state index contributed by atoms with van der Waals surface area (Å²) in [4.78, 5) is 21.2. The van der Waals surface area contributed by atoms with Crippen LogP contribution in [0.15, 0.2) is 24.3 Å². The highest BCUT2D eigenvalue weighted by molar-refractivity contribution is 5.77. The van der Waals surface area contributed by atoms with E-state index in [1.165, 1.54) is 18.2 Å². The lowest BCUT2D eigenvalue weighted by atomic mass is 10.3. The van der Waals surface area contributed by atoms with Gasteiger partial charge in [-0.15, -0.1) is 0 Å². The zero-order chi connectivity index (χ0) is 12.7. The number of hydrogen-bond acceptors (Lipinski definition) is 5. The van der Waals surface area contributed by atoms with Crippen LogP contribution in [0.4, 0.5) is 5.69 Å². The Morgan fingerprint density at radius 1 is 1.47 bits per heavy atom. The summed E-state index contributed by atoms with van der Waals surface area (Å²) < 4.78 is 5.02. The van der Waals surface area contributed by atoms with E-state index in [1.54, 1.807) is 6.07 Å². The number of nitro groups is 1. The molecule has 0 radical (unpaired) electrons. The Morgan fingerprint density at radius 2 is 2.18 bits per heavy atom. The van der Waals surface area contributed by atoms with Crippen LogP contribution in [-0.4, -0.2) is 35.7 Å². The Bertz CT molecular complexity index is 407. The van der Waals surface area contributed by atoms with Gasteiger partial charge in [0.2, 0.25) is 0 Å². The van der Waals surface area contributed by atoms with Crippen molar-refractivity contribution in [3.8, 4) is 5.75 Å². The van der Waals surface area contributed by atoms with E-state index in [1.807, 2.05) is 0 Å². The van der Waals surface area contributed by atoms with Gasteiger partial charge in [-0.3, -0.25) is 14.9 Å². The summed E-state index contributed by atoms with van der Waals surface area (Å²) in [5.74, 6) is -0.408. The van der Waals surface area contributed by atoms with E-state index in [4.69, 9.17) is 9.84 Å². The van der Waals surface area contributed by atoms with Crippen molar-refractivity contribution < 1.29 is 19.6 Å². The number of rotatable bonds is 6. The average Bonchev–Trinajstić information content (AvgIpc) is 2.34. The predicted octanol–water partition coefficient (Wildman–Crippen LogP) is 0.0821. The summed E-state index contributed by atoms with van der Waals surface area (Å²) >= 11 is 0. The molecule has 0 aliphatic carbocycles. The maximum atomic E-state index is 11.1. The lowest BCUT2D eigenvalue weighted by Gasteiger charge is -2.06. The molecule has 0 aromatic heterocycles. The summed E-state index contributed by atoms with van der Waals surface area (Å²) in [7, 11) is 0. The molecule has 0 aliphatic rings. The zero-order valence-corrected chi connectivity index (χ0v) is 8.96. The smallest absolute Gasteiger partial charge is 0.310 e. The highest BCUT2D eigenvalue weighted by Crippen LogP contribution is 2.25. The van der Waals surface area contributed by atoms with Crippen LogP contribution in [0.2, 0.25) is 0 Å². The van der Waals surface area contributed by atoms with Gasteiger partial charge in [0.25, 0.3) is 5.91 Å². The monoisotopic (exact) mass is 240 g/mol. The lowest BCUT2D eigenvalue weighted by molar-refractivity contribution is -0.385. The molecule has 0 unspecified atom stereocenters. The average molecular weight is 240 g/mol. The number of carbonyl (C=O) groups excluding carboxylic acids is 1. The topological polar surface area (TPSA) is 102 Å². The van der Waals surface area contributed by atoms with Crippen molar-refractivity contribution in [3.63, 3.8) is 0 Å². The first-order valence-corrected chi connectivity index (χ1v) is 4.89. The summed E-state index contributed by atoms with van der Waals surface area (Å²) in [6.07, 6.45) is 0. The largest absolute Gasteiger partial charge is 0.477 e. The van der Waals surface area contributed by atoms with Crippen LogP contribution in [0.3, 0.4) is 0 Å². The van der Waals surface area contributed by atoms with Crippen molar-refractivity contribution in [2.45, 2.75) is 0 Å². The number of hydrogen-bond donors (Lipinski definition) is 2. The second-order valence-electron chi connectivity index (χ2n) is 3.09. The highest BCUT2D eigenvalue weighted by atomic mass is 16.6. The molecular weight excluding hydrogens is 228 g/mol. The molecule has 17 heavy (non-hydrogen) atoms. The minimum absolute atomic E-state index is 0.0386. The number of ether oxygens (including phenoxy) is 1. The van der Waals surface area contributed by atoms with Crippen molar-refractivity contribution >= 4 is 11.6 Å². The number of aliphatic hydroxyl groups excluding tert-OH is 1. The summed E-state index contributed by atoms with van der Waals surface area (Å²) in [6.45, 7) is -0.374. The first-order chi connectivity index (χ1) is 8.15. The van der Waals surface area contributed by atoms with Crippen LogP contribution in [0.1, 0.15) is 0 Å². The molecule has 0 fully saturated rings. The van der Waals surface area contributed by atoms with E-state index in [9.17, 15) is 14.9 Å². The highest BCUT2D eigenvalue weighted by Gasteiger charge is 2.14. The fraction of sp³-hybridized carbons (Fsp3) is 0.300. The molecule has 0 spiro atoms. The van der Waals surface area contributed by atoms with Crippen LogP contribution in [-0.2, 0) is 4.79 Å². The molecule has 0 heterocycles. The third-order valence-corrected chi connectivity index (χ3v) is 1.85. The summed E-state index contributed by atoms with van der Waals surface area (Å²) in [5, 5.41) is 21.5. The normalized spacial score (nSPS) is 9.71. The van der Waals surface area contributed by atoms with Gasteiger partial charge in [-0.25, -0.2) is 0 Å². The van der Waals surface area contributed by atoms with Gasteiger partial charge in [-0.2, -0.15) is 0 Å². The van der Waals surface area contributed by atoms with E-state index in [0.717, 1.165) is 0 Å². The van der Waals surface area contributed by atoms with Gasteiger partial charge in [0.15, 0.2) is 12.4 Å². The first kappa shape index (κ1) is 12.9. The predicted molar refractivity (Wildman–Crippen MR) is 58.7 cm³/mol. The van der Waals surface area contributed by atoms with Crippen LogP contribution in [0.5, 0.6) is 5.75 Å². The number of para-hydroxylation sites is 2. The van der Waals surface area contributed by atoms with E-state index in [2.05, 4.69) is 5.32 Å². The summed E-state index contributed by atoms with van der Waals surface area (Å²) in [5.41, 5.74) is -0.192. The molecule has 1 amide bonds. The maximum absolute atomic E-state index is 11.1. The molecule has 0 bridgehead atoms. The second kappa shape index (κ2) is 6.44. The number of carbonyl (C=O) groups is 1. The Labute approximate surface area is 97.2 Å². The quantitative estimate of drug-likeness (QED) is 0.541. The molecule has 92 valence electrons. The molecule has 7 heteroatoms. The van der Waals surface area contributed by atoms with Gasteiger partial charge in [0, 0.05) is 12.6 Å². The van der Waals surface area contributed by atoms with Gasteiger partial charge >= 0.3 is 5.69 Å². The van der Waals surface area contributed by atoms with Crippen molar-refractivity contribution in [3.05, 3.63) is 34.4 Å². The molecular formula is C10H12N2O5. The SMILES string of the molecule is O=C(COc1ccccc1[N+](=O)[O-])NCCO. The molecule has 0 saturated carbocycles. The second-order valence-corrected chi connectivity index (χ2v) is 3.09. The zero-order valence-electron chi connectivity index (χ0n) is 8.96. The van der Waals surface area contributed by atoms with E-state index in [-0.39, 0.29) is 31.2 Å². The van der Waals surface area contributed by atoms with E-state index < -0.39 is 10.8 Å². The van der Waals surface area contributed by atoms with Gasteiger partial charge in [0.05, 0.1) is 11.5 Å². The van der Waals surface area contributed by atoms with Crippen molar-refractivity contribution in [1.29, 1.82) is 0 Å². The molecule has 0 aliphatic heterocycles. The molecule has 2 N–H and O–H groups in total. The Kier molecular flexibility index (Phi) is 4.89. The third-order valence-electron chi connectivity index (χ3n) is 1.85. The fourth-order valence-electron chi connectivity index (χ4n) is 1.12. The van der Waals surface area contributed by atoms with Crippen LogP contribution in [0.25, 0.3) is 0 Å². The maximum Gasteiger partial charge on any atom is 0.310 e. The minimum Gasteiger partial charge on any atom is -0.477 e. The van der Waals surface area contributed by atoms with Gasteiger partial charge in [-0.05, 0) is 6.07 Å². The molecule has 7 nitrogen and oxygen atoms in total. The number of amides is 1. The van der Waals surface area contributed by atoms with Crippen LogP contribution < -0.4 is 10.1 Å². The standard InChI is InChI=1S/C10H12N2O5/c13-6-5-11-10(14)7-17-9-4-2-1-3-8(9)12(15)16/h1-4,13H,5-7H2,(H,11,14). The van der Waals surface area contributed by atoms with Crippen LogP contribution in [0, 0.1) is 10.1 Å². The number of nitro benzene ring substituents is 1. The number of nitrogens with zero attached hydrogens (tertiary/aromatic N) is 1. The Hall–Kier alpha value is -2.15. The van der Waals surface area contributed by atoms with Crippen molar-refractivity contribution in [2.24, 2.45) is 0 Å². The molecule has 0 atom stereocenters. The Morgan fingerprint density at radius 3 is 2.82 bits per heavy atom. The van der Waals surface area contributed by atoms with Crippen molar-refractivity contribution in [1.82, 2.24) is 5.32 Å². The molecule has 1 rings (SSSR count). The van der Waals surface area contributed by atoms with Crippen molar-refractivity contribution in [2.75, 3.05) is 19.8 Å². The van der Waals surface area contributed by atoms with E-state index >= 15 is 0 Å². The Balaban J connectivity index is 2.57. The first-order valence-electron chi connectivity index (χ1n) is 4.89. The van der Waals surface area contributed by atoms with E-state index in [0.29, 0.717) is 0 Å². The third kappa shape index (κ3) is 4.07. The van der Waals surface area contributed by atoms with Gasteiger partial charge < -0.3 is 15.2 Å². The molecule has 1 aromatic carbocycles. The lowest BCUT2D eigenvalue weighted by Crippen LogP contribution is -2.31. The number of benzene rings is 1. The number of aliphatic hydroxyl groups is 1. The summed E-state index contributed by atoms with van der Waals surface area (Å²) in [6, 6.07) is 5.79.